The molecule has 0 aliphatic rings. The van der Waals surface area contributed by atoms with Gasteiger partial charge in [0.1, 0.15) is 0 Å². The molecule has 3 nitrogen and oxygen atoms in total. The number of aromatic nitrogens is 3. The van der Waals surface area contributed by atoms with Crippen LogP contribution in [0.1, 0.15) is 0 Å². The normalized spacial score (nSPS) is 11.2. The third-order valence-corrected chi connectivity index (χ3v) is 10.5. The maximum atomic E-state index is 5.28. The number of hydrogen-bond donors (Lipinski definition) is 0. The Morgan fingerprint density at radius 1 is 0.268 bits per heavy atom. The Labute approximate surface area is 326 Å². The molecule has 0 spiro atoms. The number of nitrogens with zero attached hydrogens (tertiary/aromatic N) is 3. The second kappa shape index (κ2) is 14.4. The van der Waals surface area contributed by atoms with Gasteiger partial charge in [0.15, 0.2) is 5.82 Å². The fourth-order valence-corrected chi connectivity index (χ4v) is 7.62. The molecule has 56 heavy (non-hydrogen) atoms. The molecule has 10 aromatic rings. The van der Waals surface area contributed by atoms with E-state index >= 15 is 0 Å². The van der Waals surface area contributed by atoms with Gasteiger partial charge in [-0.05, 0) is 68.4 Å². The summed E-state index contributed by atoms with van der Waals surface area (Å²) in [7, 11) is 0. The molecule has 0 fully saturated rings. The third-order valence-electron chi connectivity index (χ3n) is 10.5. The van der Waals surface area contributed by atoms with E-state index in [1.54, 1.807) is 0 Å². The predicted molar refractivity (Wildman–Crippen MR) is 233 cm³/mol. The highest BCUT2D eigenvalue weighted by molar-refractivity contribution is 6.13. The molecule has 2 heterocycles. The average molecular weight is 714 g/mol. The average Bonchev–Trinajstić information content (AvgIpc) is 3.29. The van der Waals surface area contributed by atoms with Crippen LogP contribution in [0.3, 0.4) is 0 Å². The smallest absolute Gasteiger partial charge is 0.160 e. The molecule has 2 aromatic heterocycles. The SMILES string of the molecule is c1ccc(-c2ccc(-c3cc(-c4cccc(-c5cc(-c6ccccc6)c6c(ccc7ccccc76)n5)c4)nc(-c4ccc(-c5ccccc5)cc4)n3)cc2)cc1. The number of pyridine rings is 1. The van der Waals surface area contributed by atoms with E-state index in [1.165, 1.54) is 27.5 Å². The summed E-state index contributed by atoms with van der Waals surface area (Å²) in [5.41, 5.74) is 14.6. The van der Waals surface area contributed by atoms with Gasteiger partial charge in [0.2, 0.25) is 0 Å². The van der Waals surface area contributed by atoms with Crippen molar-refractivity contribution in [3.8, 4) is 78.5 Å². The summed E-state index contributed by atoms with van der Waals surface area (Å²) in [5, 5.41) is 3.57. The molecule has 10 rings (SSSR count). The maximum absolute atomic E-state index is 5.28. The Morgan fingerprint density at radius 3 is 1.36 bits per heavy atom. The number of fused-ring (bicyclic) bond motifs is 3. The molecular formula is C53H35N3. The number of rotatable bonds is 7. The van der Waals surface area contributed by atoms with Crippen LogP contribution in [0.4, 0.5) is 0 Å². The lowest BCUT2D eigenvalue weighted by atomic mass is 9.94. The highest BCUT2D eigenvalue weighted by atomic mass is 14.9. The Kier molecular flexibility index (Phi) is 8.51. The largest absolute Gasteiger partial charge is 0.248 e. The van der Waals surface area contributed by atoms with E-state index < -0.39 is 0 Å². The van der Waals surface area contributed by atoms with Crippen LogP contribution in [0.25, 0.3) is 100 Å². The number of benzene rings is 8. The molecule has 0 saturated heterocycles. The van der Waals surface area contributed by atoms with Crippen molar-refractivity contribution >= 4 is 21.7 Å². The van der Waals surface area contributed by atoms with E-state index in [0.29, 0.717) is 5.82 Å². The van der Waals surface area contributed by atoms with E-state index in [9.17, 15) is 0 Å². The maximum Gasteiger partial charge on any atom is 0.160 e. The van der Waals surface area contributed by atoms with E-state index in [-0.39, 0.29) is 0 Å². The van der Waals surface area contributed by atoms with Crippen molar-refractivity contribution in [3.05, 3.63) is 212 Å². The first-order chi connectivity index (χ1) is 27.7. The Hall–Kier alpha value is -7.49. The van der Waals surface area contributed by atoms with Gasteiger partial charge in [0, 0.05) is 27.6 Å². The molecule has 0 saturated carbocycles. The van der Waals surface area contributed by atoms with Crippen LogP contribution in [0.15, 0.2) is 212 Å². The Bertz CT molecular complexity index is 2870. The molecule has 0 amide bonds. The van der Waals surface area contributed by atoms with Gasteiger partial charge in [0.25, 0.3) is 0 Å². The lowest BCUT2D eigenvalue weighted by Gasteiger charge is -2.14. The summed E-state index contributed by atoms with van der Waals surface area (Å²) in [4.78, 5) is 15.7. The van der Waals surface area contributed by atoms with Gasteiger partial charge in [-0.15, -0.1) is 0 Å². The van der Waals surface area contributed by atoms with E-state index in [4.69, 9.17) is 15.0 Å². The van der Waals surface area contributed by atoms with Crippen LogP contribution in [0.5, 0.6) is 0 Å². The lowest BCUT2D eigenvalue weighted by Crippen LogP contribution is -1.96. The highest BCUT2D eigenvalue weighted by Gasteiger charge is 2.15. The summed E-state index contributed by atoms with van der Waals surface area (Å²) in [6.45, 7) is 0. The summed E-state index contributed by atoms with van der Waals surface area (Å²) in [6.07, 6.45) is 0. The van der Waals surface area contributed by atoms with Crippen LogP contribution in [-0.2, 0) is 0 Å². The number of hydrogen-bond acceptors (Lipinski definition) is 3. The topological polar surface area (TPSA) is 38.7 Å². The molecule has 0 atom stereocenters. The second-order valence-electron chi connectivity index (χ2n) is 14.0. The molecular weight excluding hydrogens is 679 g/mol. The Balaban J connectivity index is 1.10. The monoisotopic (exact) mass is 713 g/mol. The van der Waals surface area contributed by atoms with Crippen molar-refractivity contribution in [1.29, 1.82) is 0 Å². The predicted octanol–water partition coefficient (Wildman–Crippen LogP) is 13.8. The third kappa shape index (κ3) is 6.42. The molecule has 8 aromatic carbocycles. The van der Waals surface area contributed by atoms with Gasteiger partial charge in [-0.25, -0.2) is 15.0 Å². The van der Waals surface area contributed by atoms with E-state index in [2.05, 4.69) is 200 Å². The van der Waals surface area contributed by atoms with Gasteiger partial charge in [0.05, 0.1) is 22.6 Å². The van der Waals surface area contributed by atoms with Crippen LogP contribution >= 0.6 is 0 Å². The van der Waals surface area contributed by atoms with Crippen molar-refractivity contribution in [3.63, 3.8) is 0 Å². The molecule has 262 valence electrons. The zero-order chi connectivity index (χ0) is 37.3. The standard InChI is InChI=1S/C53H35N3/c1-4-13-36(14-5-1)38-23-27-42(28-24-38)50-35-51(56-53(55-50)43-29-25-39(26-30-43)37-15-6-2-7-16-37)45-21-12-20-44(33-45)49-34-47(40-17-8-3-9-18-40)52-46-22-11-10-19-41(46)31-32-48(52)54-49/h1-35H. The molecule has 0 aliphatic carbocycles. The summed E-state index contributed by atoms with van der Waals surface area (Å²) < 4.78 is 0. The van der Waals surface area contributed by atoms with Crippen LogP contribution in [0.2, 0.25) is 0 Å². The highest BCUT2D eigenvalue weighted by Crippen LogP contribution is 2.38. The van der Waals surface area contributed by atoms with Crippen LogP contribution < -0.4 is 0 Å². The van der Waals surface area contributed by atoms with Crippen molar-refractivity contribution < 1.29 is 0 Å². The van der Waals surface area contributed by atoms with E-state index in [0.717, 1.165) is 66.9 Å². The molecule has 0 bridgehead atoms. The van der Waals surface area contributed by atoms with Gasteiger partial charge >= 0.3 is 0 Å². The first-order valence-corrected chi connectivity index (χ1v) is 18.9. The van der Waals surface area contributed by atoms with Crippen molar-refractivity contribution in [2.75, 3.05) is 0 Å². The second-order valence-corrected chi connectivity index (χ2v) is 14.0. The minimum Gasteiger partial charge on any atom is -0.248 e. The fourth-order valence-electron chi connectivity index (χ4n) is 7.62. The van der Waals surface area contributed by atoms with Crippen molar-refractivity contribution in [1.82, 2.24) is 15.0 Å². The summed E-state index contributed by atoms with van der Waals surface area (Å²) in [5.74, 6) is 0.678. The summed E-state index contributed by atoms with van der Waals surface area (Å²) >= 11 is 0. The molecule has 3 heteroatoms. The minimum absolute atomic E-state index is 0.678. The van der Waals surface area contributed by atoms with Crippen molar-refractivity contribution in [2.45, 2.75) is 0 Å². The quantitative estimate of drug-likeness (QED) is 0.154. The van der Waals surface area contributed by atoms with Gasteiger partial charge in [-0.2, -0.15) is 0 Å². The summed E-state index contributed by atoms with van der Waals surface area (Å²) in [6, 6.07) is 74.5. The Morgan fingerprint density at radius 2 is 0.732 bits per heavy atom. The molecule has 0 N–H and O–H groups in total. The fraction of sp³-hybridized carbons (Fsp3) is 0. The van der Waals surface area contributed by atoms with E-state index in [1.807, 2.05) is 12.1 Å². The van der Waals surface area contributed by atoms with Gasteiger partial charge in [-0.1, -0.05) is 188 Å². The molecule has 0 aliphatic heterocycles. The first kappa shape index (κ1) is 33.1. The van der Waals surface area contributed by atoms with Gasteiger partial charge in [-0.3, -0.25) is 0 Å². The first-order valence-electron chi connectivity index (χ1n) is 18.9. The minimum atomic E-state index is 0.678. The van der Waals surface area contributed by atoms with Crippen molar-refractivity contribution in [2.24, 2.45) is 0 Å². The zero-order valence-electron chi connectivity index (χ0n) is 30.5. The lowest BCUT2D eigenvalue weighted by molar-refractivity contribution is 1.18. The van der Waals surface area contributed by atoms with Gasteiger partial charge < -0.3 is 0 Å². The zero-order valence-corrected chi connectivity index (χ0v) is 30.5. The molecule has 0 unspecified atom stereocenters. The molecule has 0 radical (unpaired) electrons. The van der Waals surface area contributed by atoms with Crippen LogP contribution in [0, 0.1) is 0 Å². The van der Waals surface area contributed by atoms with Crippen LogP contribution in [-0.4, -0.2) is 15.0 Å².